The second-order valence-corrected chi connectivity index (χ2v) is 7.29. The quantitative estimate of drug-likeness (QED) is 0.137. The van der Waals surface area contributed by atoms with E-state index in [1.54, 1.807) is 61.6 Å². The van der Waals surface area contributed by atoms with E-state index in [0.29, 0.717) is 5.69 Å². The van der Waals surface area contributed by atoms with Crippen molar-refractivity contribution in [3.63, 3.8) is 0 Å². The van der Waals surface area contributed by atoms with Gasteiger partial charge in [0.15, 0.2) is 5.71 Å². The topological polar surface area (TPSA) is 135 Å². The molecule has 3 aromatic rings. The molecule has 0 atom stereocenters. The van der Waals surface area contributed by atoms with Crippen LogP contribution < -0.4 is 16.1 Å². The predicted octanol–water partition coefficient (Wildman–Crippen LogP) is 3.59. The van der Waals surface area contributed by atoms with Gasteiger partial charge in [-0.15, -0.1) is 0 Å². The highest BCUT2D eigenvalue weighted by molar-refractivity contribution is 6.70. The van der Waals surface area contributed by atoms with E-state index in [1.165, 1.54) is 32.4 Å². The molecule has 3 rings (SSSR count). The highest BCUT2D eigenvalue weighted by Gasteiger charge is 2.24. The van der Waals surface area contributed by atoms with Gasteiger partial charge in [0.25, 0.3) is 5.91 Å². The normalized spacial score (nSPS) is 10.7. The number of nitrogens with zero attached hydrogens (tertiary/aromatic N) is 1. The summed E-state index contributed by atoms with van der Waals surface area (Å²) in [5.41, 5.74) is 3.73. The van der Waals surface area contributed by atoms with E-state index in [1.807, 2.05) is 0 Å². The zero-order valence-corrected chi connectivity index (χ0v) is 19.8. The number of ether oxygens (including phenoxy) is 2. The van der Waals surface area contributed by atoms with Gasteiger partial charge >= 0.3 is 11.9 Å². The van der Waals surface area contributed by atoms with Crippen LogP contribution in [0.3, 0.4) is 0 Å². The van der Waals surface area contributed by atoms with Crippen LogP contribution in [0.25, 0.3) is 0 Å². The Morgan fingerprint density at radius 1 is 0.750 bits per heavy atom. The fourth-order valence-electron chi connectivity index (χ4n) is 3.13. The summed E-state index contributed by atoms with van der Waals surface area (Å²) in [4.78, 5) is 50.6. The van der Waals surface area contributed by atoms with E-state index in [9.17, 15) is 19.2 Å². The van der Waals surface area contributed by atoms with Gasteiger partial charge in [0.1, 0.15) is 0 Å². The van der Waals surface area contributed by atoms with E-state index in [2.05, 4.69) is 21.2 Å². The lowest BCUT2D eigenvalue weighted by Gasteiger charge is -2.12. The minimum absolute atomic E-state index is 0.0301. The molecule has 0 fully saturated rings. The average molecular weight is 489 g/mol. The molecule has 10 nitrogen and oxygen atoms in total. The average Bonchev–Trinajstić information content (AvgIpc) is 2.92. The van der Waals surface area contributed by atoms with Gasteiger partial charge in [-0.1, -0.05) is 18.2 Å². The number of nitrogens with one attached hydrogen (secondary N) is 3. The maximum Gasteiger partial charge on any atom is 0.340 e. The van der Waals surface area contributed by atoms with Crippen molar-refractivity contribution < 1.29 is 28.7 Å². The molecule has 0 heterocycles. The highest BCUT2D eigenvalue weighted by atomic mass is 16.5. The maximum absolute atomic E-state index is 13.3. The summed E-state index contributed by atoms with van der Waals surface area (Å²) in [5.74, 6) is -2.81. The first-order valence-electron chi connectivity index (χ1n) is 10.7. The molecule has 0 saturated carbocycles. The predicted molar refractivity (Wildman–Crippen MR) is 136 cm³/mol. The summed E-state index contributed by atoms with van der Waals surface area (Å²) in [6.07, 6.45) is 0. The van der Waals surface area contributed by atoms with Crippen molar-refractivity contribution in [1.82, 2.24) is 0 Å². The van der Waals surface area contributed by atoms with Crippen molar-refractivity contribution in [2.45, 2.75) is 0 Å². The fourth-order valence-corrected chi connectivity index (χ4v) is 3.13. The van der Waals surface area contributed by atoms with E-state index in [4.69, 9.17) is 9.47 Å². The number of methoxy groups -OCH3 is 2. The molecule has 0 bridgehead atoms. The van der Waals surface area contributed by atoms with Crippen molar-refractivity contribution in [3.05, 3.63) is 89.5 Å². The van der Waals surface area contributed by atoms with Crippen molar-refractivity contribution in [1.29, 1.82) is 0 Å². The highest BCUT2D eigenvalue weighted by Crippen LogP contribution is 2.20. The van der Waals surface area contributed by atoms with Gasteiger partial charge in [-0.25, -0.2) is 9.59 Å². The molecule has 10 heteroatoms. The molecular weight excluding hydrogens is 464 g/mol. The summed E-state index contributed by atoms with van der Waals surface area (Å²) in [6.45, 7) is 0. The second-order valence-electron chi connectivity index (χ2n) is 7.29. The first-order valence-corrected chi connectivity index (χ1v) is 10.7. The van der Waals surface area contributed by atoms with Gasteiger partial charge < -0.3 is 20.1 Å². The van der Waals surface area contributed by atoms with Gasteiger partial charge in [-0.05, 0) is 54.6 Å². The molecule has 0 unspecified atom stereocenters. The lowest BCUT2D eigenvalue weighted by atomic mass is 10.1. The minimum Gasteiger partial charge on any atom is -0.465 e. The van der Waals surface area contributed by atoms with Crippen LogP contribution in [0, 0.1) is 0 Å². The minimum atomic E-state index is -0.778. The van der Waals surface area contributed by atoms with Crippen LogP contribution in [0.1, 0.15) is 31.1 Å². The molecule has 36 heavy (non-hydrogen) atoms. The number of ketones is 1. The Hall–Kier alpha value is -4.99. The summed E-state index contributed by atoms with van der Waals surface area (Å²) in [6, 6.07) is 19.0. The summed E-state index contributed by atoms with van der Waals surface area (Å²) in [7, 11) is 4.15. The second kappa shape index (κ2) is 11.9. The third-order valence-electron chi connectivity index (χ3n) is 5.03. The van der Waals surface area contributed by atoms with Crippen molar-refractivity contribution >= 4 is 46.4 Å². The van der Waals surface area contributed by atoms with Crippen LogP contribution >= 0.6 is 0 Å². The largest absolute Gasteiger partial charge is 0.465 e. The van der Waals surface area contributed by atoms with E-state index < -0.39 is 29.3 Å². The van der Waals surface area contributed by atoms with E-state index in [0.717, 1.165) is 5.69 Å². The number of amides is 1. The number of hydrazone groups is 1. The number of anilines is 3. The molecule has 0 radical (unpaired) electrons. The van der Waals surface area contributed by atoms with Crippen LogP contribution in [0.15, 0.2) is 77.9 Å². The Balaban J connectivity index is 2.03. The van der Waals surface area contributed by atoms with Gasteiger partial charge in [-0.3, -0.25) is 15.0 Å². The summed E-state index contributed by atoms with van der Waals surface area (Å²) in [5, 5.41) is 9.62. The Morgan fingerprint density at radius 3 is 2.00 bits per heavy atom. The van der Waals surface area contributed by atoms with Crippen LogP contribution in [0.5, 0.6) is 0 Å². The maximum atomic E-state index is 13.3. The third kappa shape index (κ3) is 6.11. The summed E-state index contributed by atoms with van der Waals surface area (Å²) < 4.78 is 9.50. The Morgan fingerprint density at radius 2 is 1.39 bits per heavy atom. The third-order valence-corrected chi connectivity index (χ3v) is 5.03. The van der Waals surface area contributed by atoms with Gasteiger partial charge in [0, 0.05) is 24.0 Å². The monoisotopic (exact) mass is 488 g/mol. The molecule has 0 spiro atoms. The number of esters is 2. The van der Waals surface area contributed by atoms with Crippen LogP contribution in [0.2, 0.25) is 0 Å². The molecule has 184 valence electrons. The van der Waals surface area contributed by atoms with Crippen LogP contribution in [-0.2, 0) is 14.3 Å². The van der Waals surface area contributed by atoms with E-state index >= 15 is 0 Å². The summed E-state index contributed by atoms with van der Waals surface area (Å²) >= 11 is 0. The lowest BCUT2D eigenvalue weighted by Crippen LogP contribution is -2.31. The number of hydrogen-bond acceptors (Lipinski definition) is 9. The molecular formula is C26H24N4O6. The van der Waals surface area contributed by atoms with Crippen molar-refractivity contribution in [3.8, 4) is 0 Å². The number of para-hydroxylation sites is 1. The number of Topliss-reactive ketones (excluding diaryl/α,β-unsaturated/α-hetero) is 1. The molecule has 0 aromatic heterocycles. The van der Waals surface area contributed by atoms with Gasteiger partial charge in [-0.2, -0.15) is 5.10 Å². The van der Waals surface area contributed by atoms with Gasteiger partial charge in [0.2, 0.25) is 5.78 Å². The molecule has 0 aliphatic rings. The zero-order chi connectivity index (χ0) is 26.1. The van der Waals surface area contributed by atoms with E-state index in [-0.39, 0.29) is 22.4 Å². The first kappa shape index (κ1) is 25.6. The van der Waals surface area contributed by atoms with Crippen LogP contribution in [0.4, 0.5) is 17.1 Å². The van der Waals surface area contributed by atoms with Gasteiger partial charge in [0.05, 0.1) is 31.0 Å². The van der Waals surface area contributed by atoms with Crippen LogP contribution in [-0.4, -0.2) is 50.6 Å². The smallest absolute Gasteiger partial charge is 0.340 e. The molecule has 3 aromatic carbocycles. The Bertz CT molecular complexity index is 1300. The lowest BCUT2D eigenvalue weighted by molar-refractivity contribution is -0.110. The zero-order valence-electron chi connectivity index (χ0n) is 19.8. The first-order chi connectivity index (χ1) is 17.4. The molecule has 0 saturated heterocycles. The van der Waals surface area contributed by atoms with Crippen molar-refractivity contribution in [2.75, 3.05) is 37.3 Å². The molecule has 0 aliphatic carbocycles. The molecule has 0 aliphatic heterocycles. The number of rotatable bonds is 9. The van der Waals surface area contributed by atoms with Crippen molar-refractivity contribution in [2.24, 2.45) is 5.10 Å². The molecule has 1 amide bonds. The number of carbonyl (C=O) groups excluding carboxylic acids is 4. The number of benzene rings is 3. The Labute approximate surface area is 207 Å². The fraction of sp³-hybridized carbons (Fsp3) is 0.115. The SMILES string of the molecule is CNc1ccc(C(=O)/C(=N/Nc2cc(C(=O)OC)ccc2C(=O)OC)C(=O)Nc2ccccc2)cc1. The standard InChI is InChI=1S/C26H24N4O6/c1-27-18-12-9-16(10-13-18)23(31)22(24(32)28-19-7-5-4-6-8-19)30-29-21-15-17(25(33)35-2)11-14-20(21)26(34)36-3/h4-15,27,29H,1-3H3,(H,28,32)/b30-22-. The Kier molecular flexibility index (Phi) is 8.49. The number of carbonyl (C=O) groups is 4. The number of hydrogen-bond donors (Lipinski definition) is 3. The molecule has 3 N–H and O–H groups in total.